The van der Waals surface area contributed by atoms with Crippen LogP contribution in [0.1, 0.15) is 19.4 Å². The lowest BCUT2D eigenvalue weighted by molar-refractivity contribution is 0.0276. The van der Waals surface area contributed by atoms with Crippen LogP contribution in [0.5, 0.6) is 17.2 Å². The average Bonchev–Trinajstić information content (AvgIpc) is 2.72. The molecule has 8 heteroatoms. The van der Waals surface area contributed by atoms with Crippen molar-refractivity contribution in [3.05, 3.63) is 82.3 Å². The molecule has 1 heterocycles. The first-order chi connectivity index (χ1) is 14.7. The number of hydrogen-bond acceptors (Lipinski definition) is 5. The summed E-state index contributed by atoms with van der Waals surface area (Å²) in [6, 6.07) is 11.3. The second-order valence-corrected chi connectivity index (χ2v) is 7.54. The van der Waals surface area contributed by atoms with Gasteiger partial charge in [0.05, 0.1) is 18.4 Å². The third kappa shape index (κ3) is 5.82. The maximum Gasteiger partial charge on any atom is 0.258 e. The summed E-state index contributed by atoms with van der Waals surface area (Å²) in [4.78, 5) is 12.6. The van der Waals surface area contributed by atoms with Crippen molar-refractivity contribution in [3.63, 3.8) is 0 Å². The Hall–Kier alpha value is -3.39. The number of pyridine rings is 1. The van der Waals surface area contributed by atoms with Crippen molar-refractivity contribution in [1.82, 2.24) is 4.57 Å². The summed E-state index contributed by atoms with van der Waals surface area (Å²) in [5.41, 5.74) is -0.370. The van der Waals surface area contributed by atoms with E-state index < -0.39 is 17.2 Å². The predicted molar refractivity (Wildman–Crippen MR) is 111 cm³/mol. The maximum atomic E-state index is 13.3. The van der Waals surface area contributed by atoms with Gasteiger partial charge in [-0.3, -0.25) is 9.36 Å². The van der Waals surface area contributed by atoms with E-state index in [1.54, 1.807) is 38.1 Å². The Labute approximate surface area is 178 Å². The van der Waals surface area contributed by atoms with Gasteiger partial charge in [0.1, 0.15) is 19.0 Å². The standard InChI is InChI=1S/C23H23F2NO5/c1-23(2,28)14-31-20-7-5-16(11-21(20)29-3)26-9-8-17(12-22(26)27)30-13-15-4-6-18(24)19(25)10-15/h4-12,28H,13-14H2,1-3H3. The van der Waals surface area contributed by atoms with Gasteiger partial charge in [-0.2, -0.15) is 0 Å². The van der Waals surface area contributed by atoms with Crippen molar-refractivity contribution in [2.24, 2.45) is 0 Å². The predicted octanol–water partition coefficient (Wildman–Crippen LogP) is 3.85. The van der Waals surface area contributed by atoms with Gasteiger partial charge >= 0.3 is 0 Å². The summed E-state index contributed by atoms with van der Waals surface area (Å²) >= 11 is 0. The Bertz CT molecular complexity index is 1120. The van der Waals surface area contributed by atoms with Crippen molar-refractivity contribution in [2.75, 3.05) is 13.7 Å². The third-order valence-electron chi connectivity index (χ3n) is 4.29. The second kappa shape index (κ2) is 9.18. The van der Waals surface area contributed by atoms with Crippen LogP contribution in [0.3, 0.4) is 0 Å². The smallest absolute Gasteiger partial charge is 0.258 e. The Morgan fingerprint density at radius 1 is 0.968 bits per heavy atom. The minimum Gasteiger partial charge on any atom is -0.493 e. The van der Waals surface area contributed by atoms with Crippen molar-refractivity contribution in [1.29, 1.82) is 0 Å². The van der Waals surface area contributed by atoms with E-state index in [0.29, 0.717) is 28.5 Å². The van der Waals surface area contributed by atoms with Gasteiger partial charge in [0.25, 0.3) is 5.56 Å². The number of methoxy groups -OCH3 is 1. The topological polar surface area (TPSA) is 69.9 Å². The molecule has 0 aliphatic heterocycles. The van der Waals surface area contributed by atoms with E-state index in [2.05, 4.69) is 0 Å². The molecule has 0 amide bonds. The van der Waals surface area contributed by atoms with Gasteiger partial charge in [-0.1, -0.05) is 6.07 Å². The lowest BCUT2D eigenvalue weighted by Crippen LogP contribution is -2.28. The van der Waals surface area contributed by atoms with Gasteiger partial charge in [-0.05, 0) is 49.7 Å². The van der Waals surface area contributed by atoms with Crippen LogP contribution in [0.4, 0.5) is 8.78 Å². The first kappa shape index (κ1) is 22.3. The SMILES string of the molecule is COc1cc(-n2ccc(OCc3ccc(F)c(F)c3)cc2=O)ccc1OCC(C)(C)O. The first-order valence-corrected chi connectivity index (χ1v) is 9.49. The Morgan fingerprint density at radius 3 is 2.39 bits per heavy atom. The zero-order valence-corrected chi connectivity index (χ0v) is 17.4. The molecule has 164 valence electrons. The summed E-state index contributed by atoms with van der Waals surface area (Å²) in [5, 5.41) is 9.82. The summed E-state index contributed by atoms with van der Waals surface area (Å²) < 4.78 is 44.1. The number of aliphatic hydroxyl groups is 1. The van der Waals surface area contributed by atoms with Gasteiger partial charge in [-0.25, -0.2) is 8.78 Å². The van der Waals surface area contributed by atoms with E-state index in [4.69, 9.17) is 14.2 Å². The molecule has 3 aromatic rings. The number of benzene rings is 2. The summed E-state index contributed by atoms with van der Waals surface area (Å²) in [6.45, 7) is 3.32. The molecule has 31 heavy (non-hydrogen) atoms. The van der Waals surface area contributed by atoms with E-state index in [0.717, 1.165) is 12.1 Å². The monoisotopic (exact) mass is 431 g/mol. The van der Waals surface area contributed by atoms with Gasteiger partial charge in [0.2, 0.25) is 0 Å². The fourth-order valence-electron chi connectivity index (χ4n) is 2.74. The lowest BCUT2D eigenvalue weighted by atomic mass is 10.2. The summed E-state index contributed by atoms with van der Waals surface area (Å²) in [5.74, 6) is -0.748. The minimum atomic E-state index is -1.00. The van der Waals surface area contributed by atoms with Gasteiger partial charge in [0, 0.05) is 18.3 Å². The molecule has 3 rings (SSSR count). The third-order valence-corrected chi connectivity index (χ3v) is 4.29. The van der Waals surface area contributed by atoms with Crippen LogP contribution in [0.15, 0.2) is 59.5 Å². The van der Waals surface area contributed by atoms with Gasteiger partial charge in [0.15, 0.2) is 23.1 Å². The van der Waals surface area contributed by atoms with Gasteiger partial charge < -0.3 is 19.3 Å². The van der Waals surface area contributed by atoms with Crippen LogP contribution in [-0.4, -0.2) is 29.0 Å². The number of ether oxygens (including phenoxy) is 3. The van der Waals surface area contributed by atoms with Crippen molar-refractivity contribution in [2.45, 2.75) is 26.1 Å². The summed E-state index contributed by atoms with van der Waals surface area (Å²) in [7, 11) is 1.48. The molecule has 0 radical (unpaired) electrons. The molecule has 6 nitrogen and oxygen atoms in total. The lowest BCUT2D eigenvalue weighted by Gasteiger charge is -2.19. The minimum absolute atomic E-state index is 0.0122. The largest absolute Gasteiger partial charge is 0.493 e. The average molecular weight is 431 g/mol. The molecule has 2 aromatic carbocycles. The maximum absolute atomic E-state index is 13.3. The zero-order valence-electron chi connectivity index (χ0n) is 17.4. The van der Waals surface area contributed by atoms with Crippen LogP contribution in [0.25, 0.3) is 5.69 Å². The molecule has 0 saturated carbocycles. The molecule has 0 atom stereocenters. The first-order valence-electron chi connectivity index (χ1n) is 9.49. The van der Waals surface area contributed by atoms with Crippen LogP contribution in [-0.2, 0) is 6.61 Å². The van der Waals surface area contributed by atoms with E-state index in [-0.39, 0.29) is 18.8 Å². The van der Waals surface area contributed by atoms with E-state index >= 15 is 0 Å². The van der Waals surface area contributed by atoms with Crippen LogP contribution in [0.2, 0.25) is 0 Å². The molecule has 1 N–H and O–H groups in total. The van der Waals surface area contributed by atoms with Crippen LogP contribution in [0, 0.1) is 11.6 Å². The molecule has 0 aliphatic carbocycles. The highest BCUT2D eigenvalue weighted by atomic mass is 19.2. The quantitative estimate of drug-likeness (QED) is 0.587. The zero-order chi connectivity index (χ0) is 22.6. The normalized spacial score (nSPS) is 11.3. The van der Waals surface area contributed by atoms with E-state index in [9.17, 15) is 18.7 Å². The van der Waals surface area contributed by atoms with Gasteiger partial charge in [-0.15, -0.1) is 0 Å². The number of hydrogen-bond donors (Lipinski definition) is 1. The number of aromatic nitrogens is 1. The van der Waals surface area contributed by atoms with Crippen LogP contribution < -0.4 is 19.8 Å². The molecule has 0 spiro atoms. The number of halogens is 2. The highest BCUT2D eigenvalue weighted by Gasteiger charge is 2.16. The van der Waals surface area contributed by atoms with E-state index in [1.807, 2.05) is 0 Å². The Morgan fingerprint density at radius 2 is 1.74 bits per heavy atom. The molecule has 0 fully saturated rings. The fraction of sp³-hybridized carbons (Fsp3) is 0.261. The molecule has 0 bridgehead atoms. The molecule has 0 aliphatic rings. The second-order valence-electron chi connectivity index (χ2n) is 7.54. The Kier molecular flexibility index (Phi) is 6.60. The highest BCUT2D eigenvalue weighted by molar-refractivity contribution is 5.49. The fourth-order valence-corrected chi connectivity index (χ4v) is 2.74. The molecular weight excluding hydrogens is 408 g/mol. The molecular formula is C23H23F2NO5. The summed E-state index contributed by atoms with van der Waals surface area (Å²) in [6.07, 6.45) is 1.54. The molecule has 0 unspecified atom stereocenters. The van der Waals surface area contributed by atoms with Crippen molar-refractivity contribution in [3.8, 4) is 22.9 Å². The van der Waals surface area contributed by atoms with Crippen molar-refractivity contribution < 1.29 is 28.1 Å². The Balaban J connectivity index is 1.76. The molecule has 0 saturated heterocycles. The number of rotatable bonds is 8. The highest BCUT2D eigenvalue weighted by Crippen LogP contribution is 2.30. The van der Waals surface area contributed by atoms with E-state index in [1.165, 1.54) is 30.0 Å². The number of nitrogens with zero attached hydrogens (tertiary/aromatic N) is 1. The molecule has 1 aromatic heterocycles. The van der Waals surface area contributed by atoms with Crippen LogP contribution >= 0.6 is 0 Å². The van der Waals surface area contributed by atoms with Crippen molar-refractivity contribution >= 4 is 0 Å².